The molecule has 0 amide bonds. The predicted octanol–water partition coefficient (Wildman–Crippen LogP) is 4.86. The van der Waals surface area contributed by atoms with Crippen LogP contribution in [0.4, 0.5) is 18.9 Å². The summed E-state index contributed by atoms with van der Waals surface area (Å²) in [5.74, 6) is 0.0399. The smallest absolute Gasteiger partial charge is 0.423 e. The molecule has 2 unspecified atom stereocenters. The molecule has 0 saturated heterocycles. The summed E-state index contributed by atoms with van der Waals surface area (Å²) in [4.78, 5) is 12.7. The lowest BCUT2D eigenvalue weighted by Crippen LogP contribution is -2.32. The Bertz CT molecular complexity index is 1100. The number of halogens is 4. The molecule has 0 aliphatic heterocycles. The number of nitrogens with one attached hydrogen (secondary N) is 1. The van der Waals surface area contributed by atoms with Crippen LogP contribution in [0.3, 0.4) is 0 Å². The van der Waals surface area contributed by atoms with E-state index in [-0.39, 0.29) is 28.1 Å². The van der Waals surface area contributed by atoms with Crippen molar-refractivity contribution in [3.63, 3.8) is 0 Å². The van der Waals surface area contributed by atoms with Gasteiger partial charge in [-0.3, -0.25) is 10.1 Å². The molecule has 160 valence electrons. The zero-order valence-corrected chi connectivity index (χ0v) is 18.5. The third-order valence-electron chi connectivity index (χ3n) is 4.54. The van der Waals surface area contributed by atoms with Gasteiger partial charge in [0, 0.05) is 26.1 Å². The number of rotatable bonds is 6. The van der Waals surface area contributed by atoms with E-state index in [9.17, 15) is 32.9 Å². The summed E-state index contributed by atoms with van der Waals surface area (Å²) in [5.41, 5.74) is -3.11. The summed E-state index contributed by atoms with van der Waals surface area (Å²) < 4.78 is 53.1. The lowest BCUT2D eigenvalue weighted by molar-refractivity contribution is -0.387. The molecule has 1 aromatic heterocycles. The highest BCUT2D eigenvalue weighted by Crippen LogP contribution is 2.39. The van der Waals surface area contributed by atoms with Crippen LogP contribution in [0.5, 0.6) is 0 Å². The van der Waals surface area contributed by atoms with Crippen LogP contribution >= 0.6 is 22.6 Å². The fraction of sp³-hybridized carbons (Fsp3) is 0.263. The molecule has 0 aliphatic carbocycles. The highest BCUT2D eigenvalue weighted by atomic mass is 127. The Labute approximate surface area is 186 Å². The highest BCUT2D eigenvalue weighted by molar-refractivity contribution is 14.1. The Hall–Kier alpha value is -1.83. The van der Waals surface area contributed by atoms with Gasteiger partial charge in [0.2, 0.25) is 0 Å². The van der Waals surface area contributed by atoms with E-state index in [2.05, 4.69) is 27.6 Å². The standard InChI is InChI=1S/C19H16F3IN2O4S/c1-18(26,10-30(29)9-11-4-2-3-5-14(11)23)17-7-12-6-16(25(27)28)13(19(20,21)22)8-15(12)24-17/h2-8,24,26H,9-10H2,1H3. The van der Waals surface area contributed by atoms with Crippen LogP contribution in [0.1, 0.15) is 23.7 Å². The minimum atomic E-state index is -4.90. The fourth-order valence-electron chi connectivity index (χ4n) is 3.07. The summed E-state index contributed by atoms with van der Waals surface area (Å²) in [6.07, 6.45) is -4.90. The van der Waals surface area contributed by atoms with E-state index in [0.717, 1.165) is 15.2 Å². The first kappa shape index (κ1) is 22.8. The van der Waals surface area contributed by atoms with Gasteiger partial charge >= 0.3 is 6.18 Å². The molecular weight excluding hydrogens is 536 g/mol. The van der Waals surface area contributed by atoms with Crippen LogP contribution in [0.25, 0.3) is 10.9 Å². The van der Waals surface area contributed by atoms with Gasteiger partial charge in [-0.15, -0.1) is 0 Å². The molecule has 11 heteroatoms. The van der Waals surface area contributed by atoms with Crippen molar-refractivity contribution in [3.05, 3.63) is 73.0 Å². The molecule has 2 N–H and O–H groups in total. The number of aliphatic hydroxyl groups is 1. The quantitative estimate of drug-likeness (QED) is 0.198. The molecule has 0 radical (unpaired) electrons. The van der Waals surface area contributed by atoms with Crippen LogP contribution in [0, 0.1) is 13.7 Å². The first-order chi connectivity index (χ1) is 13.9. The van der Waals surface area contributed by atoms with E-state index in [4.69, 9.17) is 0 Å². The van der Waals surface area contributed by atoms with E-state index in [1.54, 1.807) is 0 Å². The number of nitro groups is 1. The van der Waals surface area contributed by atoms with Crippen molar-refractivity contribution in [3.8, 4) is 0 Å². The van der Waals surface area contributed by atoms with Crippen LogP contribution in [-0.4, -0.2) is 25.3 Å². The van der Waals surface area contributed by atoms with Crippen LogP contribution in [0.15, 0.2) is 42.5 Å². The molecule has 3 aromatic rings. The minimum Gasteiger partial charge on any atom is -0.616 e. The van der Waals surface area contributed by atoms with Gasteiger partial charge in [0.25, 0.3) is 5.69 Å². The van der Waals surface area contributed by atoms with Gasteiger partial charge in [-0.05, 0) is 58.9 Å². The summed E-state index contributed by atoms with van der Waals surface area (Å²) >= 11 is 0.653. The van der Waals surface area contributed by atoms with Crippen molar-refractivity contribution in [1.82, 2.24) is 4.98 Å². The normalized spacial score (nSPS) is 15.2. The van der Waals surface area contributed by atoms with Gasteiger partial charge in [-0.1, -0.05) is 18.2 Å². The summed E-state index contributed by atoms with van der Waals surface area (Å²) in [6.45, 7) is 1.39. The number of H-pyrrole nitrogens is 1. The van der Waals surface area contributed by atoms with Gasteiger partial charge in [0.15, 0.2) is 0 Å². The van der Waals surface area contributed by atoms with Crippen molar-refractivity contribution in [2.45, 2.75) is 24.5 Å². The lowest BCUT2D eigenvalue weighted by atomic mass is 10.1. The van der Waals surface area contributed by atoms with Crippen LogP contribution in [0.2, 0.25) is 0 Å². The Morgan fingerprint density at radius 3 is 2.50 bits per heavy atom. The number of nitro benzene ring substituents is 1. The van der Waals surface area contributed by atoms with E-state index in [0.29, 0.717) is 6.07 Å². The van der Waals surface area contributed by atoms with E-state index in [1.807, 2.05) is 24.3 Å². The van der Waals surface area contributed by atoms with Gasteiger partial charge in [-0.2, -0.15) is 13.2 Å². The number of aromatic amines is 1. The van der Waals surface area contributed by atoms with Crippen LogP contribution in [-0.2, 0) is 28.7 Å². The zero-order valence-electron chi connectivity index (χ0n) is 15.5. The lowest BCUT2D eigenvalue weighted by Gasteiger charge is -2.24. The number of fused-ring (bicyclic) bond motifs is 1. The molecule has 2 atom stereocenters. The molecule has 2 aromatic carbocycles. The maximum atomic E-state index is 13.2. The number of alkyl halides is 3. The van der Waals surface area contributed by atoms with Gasteiger partial charge in [-0.25, -0.2) is 0 Å². The van der Waals surface area contributed by atoms with Crippen LogP contribution < -0.4 is 0 Å². The molecule has 0 aliphatic rings. The van der Waals surface area contributed by atoms with Gasteiger partial charge in [0.05, 0.1) is 10.6 Å². The predicted molar refractivity (Wildman–Crippen MR) is 115 cm³/mol. The minimum absolute atomic E-state index is 0.00779. The van der Waals surface area contributed by atoms with Gasteiger partial charge < -0.3 is 14.6 Å². The number of benzene rings is 2. The first-order valence-corrected chi connectivity index (χ1v) is 11.1. The summed E-state index contributed by atoms with van der Waals surface area (Å²) in [5, 5.41) is 22.0. The Morgan fingerprint density at radius 1 is 1.23 bits per heavy atom. The third kappa shape index (κ3) is 4.90. The van der Waals surface area contributed by atoms with Crippen molar-refractivity contribution in [1.29, 1.82) is 0 Å². The molecular formula is C19H16F3IN2O4S. The van der Waals surface area contributed by atoms with E-state index < -0.39 is 39.1 Å². The topological polar surface area (TPSA) is 102 Å². The average molecular weight is 552 g/mol. The largest absolute Gasteiger partial charge is 0.616 e. The second kappa shape index (κ2) is 8.36. The van der Waals surface area contributed by atoms with Gasteiger partial charge in [0.1, 0.15) is 22.7 Å². The molecule has 30 heavy (non-hydrogen) atoms. The maximum Gasteiger partial charge on any atom is 0.423 e. The summed E-state index contributed by atoms with van der Waals surface area (Å²) in [6, 6.07) is 10.2. The number of nitrogens with zero attached hydrogens (tertiary/aromatic N) is 1. The maximum absolute atomic E-state index is 13.2. The molecule has 0 spiro atoms. The molecule has 3 rings (SSSR count). The molecule has 1 heterocycles. The SMILES string of the molecule is CC(O)(C[S+]([O-])Cc1ccccc1I)c1cc2cc([N+](=O)[O-])c(C(F)(F)F)cc2[nH]1. The Morgan fingerprint density at radius 2 is 1.90 bits per heavy atom. The average Bonchev–Trinajstić information content (AvgIpc) is 3.05. The molecule has 0 bridgehead atoms. The van der Waals surface area contributed by atoms with Crippen molar-refractivity contribution < 1.29 is 27.8 Å². The van der Waals surface area contributed by atoms with Crippen molar-refractivity contribution >= 4 is 50.4 Å². The summed E-state index contributed by atoms with van der Waals surface area (Å²) in [7, 11) is 0. The van der Waals surface area contributed by atoms with E-state index >= 15 is 0 Å². The number of aromatic nitrogens is 1. The Kier molecular flexibility index (Phi) is 6.37. The second-order valence-corrected chi connectivity index (χ2v) is 9.61. The number of hydrogen-bond donors (Lipinski definition) is 2. The molecule has 0 saturated carbocycles. The van der Waals surface area contributed by atoms with E-state index in [1.165, 1.54) is 13.0 Å². The zero-order chi connectivity index (χ0) is 22.3. The third-order valence-corrected chi connectivity index (χ3v) is 7.11. The highest BCUT2D eigenvalue weighted by Gasteiger charge is 2.39. The Balaban J connectivity index is 1.91. The van der Waals surface area contributed by atoms with Crippen molar-refractivity contribution in [2.24, 2.45) is 0 Å². The first-order valence-electron chi connectivity index (χ1n) is 8.58. The molecule has 0 fully saturated rings. The monoisotopic (exact) mass is 552 g/mol. The van der Waals surface area contributed by atoms with Crippen molar-refractivity contribution in [2.75, 3.05) is 5.75 Å². The molecule has 6 nitrogen and oxygen atoms in total. The fourth-order valence-corrected chi connectivity index (χ4v) is 5.39. The second-order valence-electron chi connectivity index (χ2n) is 6.99. The number of hydrogen-bond acceptors (Lipinski definition) is 4.